The minimum Gasteiger partial charge on any atom is -0.356 e. The van der Waals surface area contributed by atoms with E-state index in [1.54, 1.807) is 0 Å². The fourth-order valence-corrected chi connectivity index (χ4v) is 2.88. The average Bonchev–Trinajstić information content (AvgIpc) is 2.37. The number of rotatable bonds is 7. The van der Waals surface area contributed by atoms with Gasteiger partial charge in [0.2, 0.25) is 5.91 Å². The Balaban J connectivity index is 2.25. The van der Waals surface area contributed by atoms with E-state index in [-0.39, 0.29) is 18.9 Å². The fraction of sp³-hybridized carbons (Fsp3) is 0.909. The van der Waals surface area contributed by atoms with Gasteiger partial charge in [-0.3, -0.25) is 4.79 Å². The van der Waals surface area contributed by atoms with Gasteiger partial charge in [-0.1, -0.05) is 13.8 Å². The quantitative estimate of drug-likeness (QED) is 0.555. The maximum Gasteiger partial charge on any atom is 0.279 e. The zero-order chi connectivity index (χ0) is 14.3. The lowest BCUT2D eigenvalue weighted by atomic mass is 10.2. The van der Waals surface area contributed by atoms with Crippen LogP contribution in [-0.4, -0.2) is 57.9 Å². The van der Waals surface area contributed by atoms with Gasteiger partial charge in [0.15, 0.2) is 0 Å². The van der Waals surface area contributed by atoms with E-state index in [2.05, 4.69) is 15.4 Å². The summed E-state index contributed by atoms with van der Waals surface area (Å²) in [6.07, 6.45) is 0.165. The molecular formula is C11H24N4O3S. The average molecular weight is 292 g/mol. The molecule has 1 heterocycles. The van der Waals surface area contributed by atoms with E-state index in [4.69, 9.17) is 0 Å². The Morgan fingerprint density at radius 3 is 2.53 bits per heavy atom. The van der Waals surface area contributed by atoms with E-state index in [0.29, 0.717) is 38.6 Å². The highest BCUT2D eigenvalue weighted by Gasteiger charge is 2.23. The summed E-state index contributed by atoms with van der Waals surface area (Å²) in [5, 5.41) is 5.84. The number of carbonyl (C=O) groups excluding carboxylic acids is 1. The van der Waals surface area contributed by atoms with Crippen molar-refractivity contribution in [2.75, 3.05) is 39.3 Å². The molecule has 0 aromatic heterocycles. The van der Waals surface area contributed by atoms with Crippen molar-refractivity contribution in [3.63, 3.8) is 0 Å². The van der Waals surface area contributed by atoms with E-state index in [1.165, 1.54) is 4.31 Å². The lowest BCUT2D eigenvalue weighted by Gasteiger charge is -2.26. The number of piperazine rings is 1. The van der Waals surface area contributed by atoms with Crippen LogP contribution in [0.15, 0.2) is 0 Å². The summed E-state index contributed by atoms with van der Waals surface area (Å²) in [5.74, 6) is 0.262. The van der Waals surface area contributed by atoms with E-state index >= 15 is 0 Å². The first-order valence-electron chi connectivity index (χ1n) is 6.64. The summed E-state index contributed by atoms with van der Waals surface area (Å²) in [6, 6.07) is 0. The molecule has 0 aromatic carbocycles. The molecule has 0 atom stereocenters. The maximum absolute atomic E-state index is 11.9. The standard InChI is InChI=1S/C11H24N4O3S/c1-10(2)9-13-11(16)3-4-14-19(17,18)15-7-5-12-6-8-15/h10,12,14H,3-9H2,1-2H3,(H,13,16). The van der Waals surface area contributed by atoms with Crippen molar-refractivity contribution in [3.8, 4) is 0 Å². The normalized spacial score (nSPS) is 17.6. The molecule has 1 fully saturated rings. The second-order valence-electron chi connectivity index (χ2n) is 5.00. The number of nitrogens with zero attached hydrogens (tertiary/aromatic N) is 1. The predicted molar refractivity (Wildman–Crippen MR) is 73.8 cm³/mol. The summed E-state index contributed by atoms with van der Waals surface area (Å²) in [5.41, 5.74) is 0. The predicted octanol–water partition coefficient (Wildman–Crippen LogP) is -1.11. The van der Waals surface area contributed by atoms with Crippen LogP contribution in [0, 0.1) is 5.92 Å². The third-order valence-electron chi connectivity index (χ3n) is 2.76. The second-order valence-corrected chi connectivity index (χ2v) is 6.75. The third kappa shape index (κ3) is 6.33. The Hall–Kier alpha value is -0.700. The van der Waals surface area contributed by atoms with Crippen LogP contribution in [0.2, 0.25) is 0 Å². The lowest BCUT2D eigenvalue weighted by molar-refractivity contribution is -0.121. The van der Waals surface area contributed by atoms with E-state index in [1.807, 2.05) is 13.8 Å². The van der Waals surface area contributed by atoms with Crippen LogP contribution >= 0.6 is 0 Å². The lowest BCUT2D eigenvalue weighted by Crippen LogP contribution is -2.50. The van der Waals surface area contributed by atoms with Gasteiger partial charge in [-0.2, -0.15) is 12.7 Å². The van der Waals surface area contributed by atoms with Crippen LogP contribution in [0.3, 0.4) is 0 Å². The van der Waals surface area contributed by atoms with Gasteiger partial charge in [0.25, 0.3) is 10.2 Å². The molecule has 0 unspecified atom stereocenters. The smallest absolute Gasteiger partial charge is 0.279 e. The van der Waals surface area contributed by atoms with Gasteiger partial charge in [0.05, 0.1) is 0 Å². The van der Waals surface area contributed by atoms with Crippen LogP contribution in [0.1, 0.15) is 20.3 Å². The first-order chi connectivity index (χ1) is 8.92. The van der Waals surface area contributed by atoms with Crippen molar-refractivity contribution in [2.24, 2.45) is 5.92 Å². The first-order valence-corrected chi connectivity index (χ1v) is 8.08. The molecule has 0 aromatic rings. The van der Waals surface area contributed by atoms with Gasteiger partial charge < -0.3 is 10.6 Å². The number of hydrogen-bond donors (Lipinski definition) is 3. The van der Waals surface area contributed by atoms with Crippen LogP contribution in [0.5, 0.6) is 0 Å². The monoisotopic (exact) mass is 292 g/mol. The maximum atomic E-state index is 11.9. The highest BCUT2D eigenvalue weighted by atomic mass is 32.2. The molecule has 0 saturated carbocycles. The largest absolute Gasteiger partial charge is 0.356 e. The van der Waals surface area contributed by atoms with Gasteiger partial charge in [-0.25, -0.2) is 4.72 Å². The van der Waals surface area contributed by atoms with Crippen molar-refractivity contribution in [2.45, 2.75) is 20.3 Å². The van der Waals surface area contributed by atoms with E-state index in [0.717, 1.165) is 0 Å². The molecule has 1 aliphatic rings. The number of hydrogen-bond acceptors (Lipinski definition) is 4. The third-order valence-corrected chi connectivity index (χ3v) is 4.37. The van der Waals surface area contributed by atoms with Gasteiger partial charge in [0, 0.05) is 45.7 Å². The molecular weight excluding hydrogens is 268 g/mol. The zero-order valence-electron chi connectivity index (χ0n) is 11.6. The molecule has 19 heavy (non-hydrogen) atoms. The minimum atomic E-state index is -3.45. The van der Waals surface area contributed by atoms with Crippen molar-refractivity contribution in [1.82, 2.24) is 19.7 Å². The Bertz CT molecular complexity index is 377. The van der Waals surface area contributed by atoms with Crippen LogP contribution < -0.4 is 15.4 Å². The molecule has 1 amide bonds. The molecule has 0 spiro atoms. The van der Waals surface area contributed by atoms with E-state index in [9.17, 15) is 13.2 Å². The molecule has 0 bridgehead atoms. The molecule has 8 heteroatoms. The zero-order valence-corrected chi connectivity index (χ0v) is 12.4. The van der Waals surface area contributed by atoms with Gasteiger partial charge >= 0.3 is 0 Å². The topological polar surface area (TPSA) is 90.5 Å². The Morgan fingerprint density at radius 1 is 1.32 bits per heavy atom. The second kappa shape index (κ2) is 7.78. The molecule has 1 aliphatic heterocycles. The fourth-order valence-electron chi connectivity index (χ4n) is 1.68. The Kier molecular flexibility index (Phi) is 6.70. The summed E-state index contributed by atoms with van der Waals surface area (Å²) in [7, 11) is -3.45. The van der Waals surface area contributed by atoms with Gasteiger partial charge in [0.1, 0.15) is 0 Å². The molecule has 3 N–H and O–H groups in total. The number of carbonyl (C=O) groups is 1. The molecule has 112 valence electrons. The molecule has 1 saturated heterocycles. The van der Waals surface area contributed by atoms with Crippen molar-refractivity contribution in [1.29, 1.82) is 0 Å². The molecule has 0 aliphatic carbocycles. The summed E-state index contributed by atoms with van der Waals surface area (Å²) in [6.45, 7) is 7.02. The van der Waals surface area contributed by atoms with Crippen LogP contribution in [-0.2, 0) is 15.0 Å². The molecule has 7 nitrogen and oxygen atoms in total. The Labute approximate surface area is 115 Å². The number of amides is 1. The van der Waals surface area contributed by atoms with E-state index < -0.39 is 10.2 Å². The minimum absolute atomic E-state index is 0.128. The molecule has 1 rings (SSSR count). The first kappa shape index (κ1) is 16.4. The Morgan fingerprint density at radius 2 is 1.95 bits per heavy atom. The highest BCUT2D eigenvalue weighted by molar-refractivity contribution is 7.87. The van der Waals surface area contributed by atoms with Crippen molar-refractivity contribution in [3.05, 3.63) is 0 Å². The van der Waals surface area contributed by atoms with Crippen LogP contribution in [0.25, 0.3) is 0 Å². The summed E-state index contributed by atoms with van der Waals surface area (Å²) < 4.78 is 27.6. The van der Waals surface area contributed by atoms with Crippen molar-refractivity contribution >= 4 is 16.1 Å². The van der Waals surface area contributed by atoms with Crippen molar-refractivity contribution < 1.29 is 13.2 Å². The number of nitrogens with one attached hydrogen (secondary N) is 3. The SMILES string of the molecule is CC(C)CNC(=O)CCNS(=O)(=O)N1CCNCC1. The summed E-state index contributed by atoms with van der Waals surface area (Å²) >= 11 is 0. The van der Waals surface area contributed by atoms with Gasteiger partial charge in [-0.15, -0.1) is 0 Å². The van der Waals surface area contributed by atoms with Gasteiger partial charge in [-0.05, 0) is 5.92 Å². The summed E-state index contributed by atoms with van der Waals surface area (Å²) in [4.78, 5) is 11.4. The molecule has 0 radical (unpaired) electrons. The van der Waals surface area contributed by atoms with Crippen LogP contribution in [0.4, 0.5) is 0 Å². The highest BCUT2D eigenvalue weighted by Crippen LogP contribution is 1.99.